The maximum absolute atomic E-state index is 13.8. The average Bonchev–Trinajstić information content (AvgIpc) is 3.85. The number of methoxy groups -OCH3 is 2. The molecule has 3 aromatic heterocycles. The second-order valence-corrected chi connectivity index (χ2v) is 13.1. The van der Waals surface area contributed by atoms with E-state index < -0.39 is 30.3 Å². The van der Waals surface area contributed by atoms with Crippen molar-refractivity contribution in [3.63, 3.8) is 0 Å². The number of aryl methyl sites for hydroxylation is 1. The quantitative estimate of drug-likeness (QED) is 0.269. The predicted octanol–water partition coefficient (Wildman–Crippen LogP) is 3.01. The molecule has 7 rings (SSSR count). The molecule has 2 N–H and O–H groups in total. The summed E-state index contributed by atoms with van der Waals surface area (Å²) in [5, 5.41) is 12.0. The first-order valence-corrected chi connectivity index (χ1v) is 16.4. The number of carbonyl (C=O) groups excluding carboxylic acids is 2. The number of fused-ring (bicyclic) bond motifs is 2. The van der Waals surface area contributed by atoms with Gasteiger partial charge in [-0.25, -0.2) is 9.97 Å². The summed E-state index contributed by atoms with van der Waals surface area (Å²) in [6.07, 6.45) is 3.70. The van der Waals surface area contributed by atoms with Crippen molar-refractivity contribution in [1.29, 1.82) is 0 Å². The zero-order valence-electron chi connectivity index (χ0n) is 28.5. The van der Waals surface area contributed by atoms with Gasteiger partial charge in [0, 0.05) is 69.2 Å². The van der Waals surface area contributed by atoms with Crippen molar-refractivity contribution in [2.45, 2.75) is 76.5 Å². The van der Waals surface area contributed by atoms with Gasteiger partial charge in [0.2, 0.25) is 5.91 Å². The van der Waals surface area contributed by atoms with Crippen LogP contribution >= 0.6 is 0 Å². The monoisotopic (exact) mass is 674 g/mol. The highest BCUT2D eigenvalue weighted by Gasteiger charge is 2.58. The van der Waals surface area contributed by atoms with Crippen LogP contribution in [0.15, 0.2) is 43.0 Å². The fourth-order valence-electron chi connectivity index (χ4n) is 6.98. The summed E-state index contributed by atoms with van der Waals surface area (Å²) in [5.74, 6) is 0.800. The van der Waals surface area contributed by atoms with E-state index in [1.54, 1.807) is 30.7 Å². The number of ether oxygens (including phenoxy) is 5. The molecule has 49 heavy (non-hydrogen) atoms. The largest absolute Gasteiger partial charge is 0.497 e. The number of hydrogen-bond acceptors (Lipinski definition) is 11. The van der Waals surface area contributed by atoms with Crippen LogP contribution < -0.4 is 20.1 Å². The van der Waals surface area contributed by atoms with E-state index in [0.29, 0.717) is 55.4 Å². The maximum atomic E-state index is 13.8. The van der Waals surface area contributed by atoms with E-state index in [0.717, 1.165) is 22.2 Å². The van der Waals surface area contributed by atoms with Gasteiger partial charge in [-0.1, -0.05) is 0 Å². The van der Waals surface area contributed by atoms with E-state index in [2.05, 4.69) is 15.6 Å². The summed E-state index contributed by atoms with van der Waals surface area (Å²) >= 11 is 0. The molecule has 15 heteroatoms. The molecule has 0 radical (unpaired) electrons. The first-order valence-electron chi connectivity index (χ1n) is 16.4. The van der Waals surface area contributed by atoms with Gasteiger partial charge in [0.15, 0.2) is 18.1 Å². The Balaban J connectivity index is 1.22. The van der Waals surface area contributed by atoms with Crippen molar-refractivity contribution < 1.29 is 33.3 Å². The Morgan fingerprint density at radius 3 is 2.53 bits per heavy atom. The molecule has 0 bridgehead atoms. The summed E-state index contributed by atoms with van der Waals surface area (Å²) in [6, 6.07) is 7.51. The minimum absolute atomic E-state index is 0.0416. The van der Waals surface area contributed by atoms with E-state index in [-0.39, 0.29) is 17.9 Å². The number of anilines is 1. The van der Waals surface area contributed by atoms with E-state index in [1.807, 2.05) is 62.1 Å². The Hall–Kier alpha value is -4.73. The van der Waals surface area contributed by atoms with Crippen LogP contribution in [0.25, 0.3) is 22.3 Å². The molecular weight excluding hydrogens is 632 g/mol. The highest BCUT2D eigenvalue weighted by molar-refractivity contribution is 6.00. The van der Waals surface area contributed by atoms with Gasteiger partial charge in [-0.05, 0) is 44.9 Å². The Morgan fingerprint density at radius 1 is 1.06 bits per heavy atom. The zero-order valence-corrected chi connectivity index (χ0v) is 28.5. The Labute approximate surface area is 283 Å². The van der Waals surface area contributed by atoms with Crippen LogP contribution in [0.5, 0.6) is 11.5 Å². The van der Waals surface area contributed by atoms with Crippen molar-refractivity contribution in [2.75, 3.05) is 32.6 Å². The van der Waals surface area contributed by atoms with Gasteiger partial charge in [0.25, 0.3) is 5.91 Å². The fraction of sp³-hybridized carbons (Fsp3) is 0.500. The van der Waals surface area contributed by atoms with Crippen molar-refractivity contribution in [2.24, 2.45) is 7.05 Å². The van der Waals surface area contributed by atoms with E-state index in [1.165, 1.54) is 6.33 Å². The number of nitrogens with one attached hydrogen (secondary N) is 2. The highest BCUT2D eigenvalue weighted by atomic mass is 16.8. The lowest BCUT2D eigenvalue weighted by atomic mass is 10.0. The lowest BCUT2D eigenvalue weighted by molar-refractivity contribution is -0.197. The normalized spacial score (nSPS) is 23.4. The maximum Gasteiger partial charge on any atom is 0.252 e. The lowest BCUT2D eigenvalue weighted by Crippen LogP contribution is -2.50. The molecule has 0 unspecified atom stereocenters. The first-order chi connectivity index (χ1) is 23.5. The summed E-state index contributed by atoms with van der Waals surface area (Å²) in [6.45, 7) is 6.84. The number of benzene rings is 1. The third kappa shape index (κ3) is 6.29. The standard InChI is InChI=1S/C34H42N8O7/c1-19(43)41-13-9-21(10-14-41)38-32(44)28-27-29(49-34(2,3)48-27)33(47-28)42-17-23(24-11-12-40(4)39-24)26-30(36-18-37-31(26)42)35-16-20-7-8-22(45-5)15-25(20)46-6/h7-8,11-12,15,17-18,21,27-29,33H,9-10,13-14,16H2,1-6H3,(H,38,44)(H,35,36,37)/t27-,28+,29-,33-/m1/s1. The predicted molar refractivity (Wildman–Crippen MR) is 178 cm³/mol. The Bertz CT molecular complexity index is 1860. The minimum Gasteiger partial charge on any atom is -0.497 e. The molecule has 3 aliphatic rings. The molecule has 4 aromatic rings. The van der Waals surface area contributed by atoms with Gasteiger partial charge in [-0.2, -0.15) is 5.10 Å². The SMILES string of the molecule is COc1ccc(CNc2ncnc3c2c(-c2ccn(C)n2)cn3[C@@H]2O[C@H](C(=O)NC3CCN(C(C)=O)CC3)[C@H]3OC(C)(C)O[C@H]32)c(OC)c1. The van der Waals surface area contributed by atoms with Gasteiger partial charge in [0.1, 0.15) is 41.5 Å². The van der Waals surface area contributed by atoms with Crippen LogP contribution in [0.1, 0.15) is 45.4 Å². The summed E-state index contributed by atoms with van der Waals surface area (Å²) in [7, 11) is 5.09. The molecule has 260 valence electrons. The van der Waals surface area contributed by atoms with Crippen molar-refractivity contribution in [3.8, 4) is 22.8 Å². The van der Waals surface area contributed by atoms with Crippen LogP contribution in [0.2, 0.25) is 0 Å². The number of rotatable bonds is 9. The average molecular weight is 675 g/mol. The molecule has 6 heterocycles. The number of amides is 2. The highest BCUT2D eigenvalue weighted by Crippen LogP contribution is 2.46. The molecule has 1 aromatic carbocycles. The third-order valence-corrected chi connectivity index (χ3v) is 9.39. The molecule has 15 nitrogen and oxygen atoms in total. The van der Waals surface area contributed by atoms with Gasteiger partial charge in [-0.15, -0.1) is 0 Å². The molecular formula is C34H42N8O7. The number of nitrogens with zero attached hydrogens (tertiary/aromatic N) is 6. The van der Waals surface area contributed by atoms with Crippen molar-refractivity contribution in [3.05, 3.63) is 48.5 Å². The number of hydrogen-bond donors (Lipinski definition) is 2. The molecule has 0 spiro atoms. The topological polar surface area (TPSA) is 156 Å². The van der Waals surface area contributed by atoms with Crippen LogP contribution in [0.3, 0.4) is 0 Å². The smallest absolute Gasteiger partial charge is 0.252 e. The molecule has 0 aliphatic carbocycles. The summed E-state index contributed by atoms with van der Waals surface area (Å²) in [5.41, 5.74) is 2.99. The van der Waals surface area contributed by atoms with E-state index in [4.69, 9.17) is 33.8 Å². The number of aromatic nitrogens is 5. The summed E-state index contributed by atoms with van der Waals surface area (Å²) < 4.78 is 33.9. The fourth-order valence-corrected chi connectivity index (χ4v) is 6.98. The molecule has 3 fully saturated rings. The van der Waals surface area contributed by atoms with E-state index in [9.17, 15) is 9.59 Å². The van der Waals surface area contributed by atoms with Crippen LogP contribution in [0.4, 0.5) is 5.82 Å². The molecule has 4 atom stereocenters. The van der Waals surface area contributed by atoms with Crippen molar-refractivity contribution >= 4 is 28.7 Å². The second-order valence-electron chi connectivity index (χ2n) is 13.1. The first kappa shape index (κ1) is 32.8. The molecule has 3 saturated heterocycles. The number of carbonyl (C=O) groups is 2. The Morgan fingerprint density at radius 2 is 1.84 bits per heavy atom. The van der Waals surface area contributed by atoms with Gasteiger partial charge in [-0.3, -0.25) is 14.3 Å². The third-order valence-electron chi connectivity index (χ3n) is 9.39. The molecule has 3 aliphatic heterocycles. The van der Waals surface area contributed by atoms with Crippen LogP contribution in [0, 0.1) is 0 Å². The zero-order chi connectivity index (χ0) is 34.4. The lowest BCUT2D eigenvalue weighted by Gasteiger charge is -2.32. The Kier molecular flexibility index (Phi) is 8.67. The van der Waals surface area contributed by atoms with Gasteiger partial charge >= 0.3 is 0 Å². The van der Waals surface area contributed by atoms with Gasteiger partial charge in [0.05, 0.1) is 25.3 Å². The van der Waals surface area contributed by atoms with E-state index >= 15 is 0 Å². The van der Waals surface area contributed by atoms with Crippen molar-refractivity contribution in [1.82, 2.24) is 34.5 Å². The van der Waals surface area contributed by atoms with Crippen LogP contribution in [-0.2, 0) is 37.4 Å². The number of likely N-dealkylation sites (tertiary alicyclic amines) is 1. The summed E-state index contributed by atoms with van der Waals surface area (Å²) in [4.78, 5) is 36.7. The van der Waals surface area contributed by atoms with Crippen LogP contribution in [-0.4, -0.2) is 98.5 Å². The number of piperidine rings is 1. The molecule has 0 saturated carbocycles. The van der Waals surface area contributed by atoms with Gasteiger partial charge < -0.3 is 43.8 Å². The second kappa shape index (κ2) is 12.9. The minimum atomic E-state index is -0.936. The molecule has 2 amide bonds.